The van der Waals surface area contributed by atoms with Crippen LogP contribution in [0.15, 0.2) is 0 Å². The Morgan fingerprint density at radius 2 is 1.07 bits per heavy atom. The summed E-state index contributed by atoms with van der Waals surface area (Å²) in [5.74, 6) is -1.81. The molecule has 0 aromatic carbocycles. The summed E-state index contributed by atoms with van der Waals surface area (Å²) in [6.07, 6.45) is 30.2. The Morgan fingerprint density at radius 3 is 1.46 bits per heavy atom. The highest BCUT2D eigenvalue weighted by molar-refractivity contribution is 5.98. The largest absolute Gasteiger partial charge is 0.481 e. The lowest BCUT2D eigenvalue weighted by Crippen LogP contribution is -2.61. The number of carbonyl (C=O) groups is 3. The monoisotopic (exact) mass is 771 g/mol. The molecule has 10 heteroatoms. The Kier molecular flexibility index (Phi) is 34.7. The zero-order valence-electron chi connectivity index (χ0n) is 35.3. The van der Waals surface area contributed by atoms with Crippen molar-refractivity contribution in [2.75, 3.05) is 13.2 Å². The molecule has 54 heavy (non-hydrogen) atoms. The molecule has 0 aliphatic carbocycles. The maximum atomic E-state index is 12.4. The number of aliphatic hydroxyl groups excluding tert-OH is 3. The number of hydrogen-bond donors (Lipinski definition) is 6. The van der Waals surface area contributed by atoms with E-state index in [4.69, 9.17) is 15.6 Å². The fourth-order valence-corrected chi connectivity index (χ4v) is 7.18. The minimum absolute atomic E-state index is 0.0313. The zero-order chi connectivity index (χ0) is 40.4. The van der Waals surface area contributed by atoms with Crippen molar-refractivity contribution in [3.63, 3.8) is 0 Å². The van der Waals surface area contributed by atoms with Gasteiger partial charge in [-0.05, 0) is 25.2 Å². The predicted octanol–water partition coefficient (Wildman–Crippen LogP) is 8.79. The smallest absolute Gasteiger partial charge is 0.314 e. The first-order valence-corrected chi connectivity index (χ1v) is 22.4. The van der Waals surface area contributed by atoms with Crippen LogP contribution in [-0.2, 0) is 19.1 Å². The minimum Gasteiger partial charge on any atom is -0.481 e. The number of aliphatic carboxylic acids is 1. The number of ketones is 1. The Hall–Kier alpha value is -1.59. The number of carbonyl (C=O) groups excluding carboxylic acids is 2. The van der Waals surface area contributed by atoms with E-state index in [9.17, 15) is 29.7 Å². The summed E-state index contributed by atoms with van der Waals surface area (Å²) in [5.41, 5.74) is 5.73. The third kappa shape index (κ3) is 27.9. The van der Waals surface area contributed by atoms with Gasteiger partial charge in [0.25, 0.3) is 0 Å². The van der Waals surface area contributed by atoms with E-state index in [1.165, 1.54) is 135 Å². The number of nitrogens with one attached hydrogen (secondary N) is 1. The molecule has 1 aliphatic rings. The van der Waals surface area contributed by atoms with Gasteiger partial charge < -0.3 is 36.2 Å². The van der Waals surface area contributed by atoms with Gasteiger partial charge in [-0.3, -0.25) is 14.4 Å². The lowest BCUT2D eigenvalue weighted by molar-refractivity contribution is -0.165. The van der Waals surface area contributed by atoms with Crippen molar-refractivity contribution in [2.45, 2.75) is 238 Å². The molecule has 320 valence electrons. The van der Waals surface area contributed by atoms with Crippen molar-refractivity contribution < 1.29 is 39.5 Å². The maximum Gasteiger partial charge on any atom is 0.314 e. The van der Waals surface area contributed by atoms with Gasteiger partial charge in [-0.2, -0.15) is 0 Å². The fourth-order valence-electron chi connectivity index (χ4n) is 7.18. The zero-order valence-corrected chi connectivity index (χ0v) is 35.3. The molecule has 0 aromatic rings. The molecule has 0 aromatic heterocycles. The molecule has 1 amide bonds. The van der Waals surface area contributed by atoms with E-state index in [1.807, 2.05) is 13.8 Å². The highest BCUT2D eigenvalue weighted by atomic mass is 16.5. The van der Waals surface area contributed by atoms with Crippen molar-refractivity contribution in [3.05, 3.63) is 0 Å². The first-order chi connectivity index (χ1) is 26.0. The standard InChI is InChI=1S/C32H62O3.C12H24N2O5/c1-3-5-7-9-11-13-14-15-16-17-18-19-21-22-24-26-28-30(32(34)35)31(33)29-27-25-23-20-12-10-8-6-4-2;1-6(2)3-7(13)12(18)14-8-5-19-9(4-15)11(17)10(8)16/h30H,3-29H2,1-2H3,(H,34,35);6-11,15-17H,3-5,13H2,1-2H3,(H,14,18)/t;7-,8-,9+,10+,11+/m.0/s1. The second-order valence-corrected chi connectivity index (χ2v) is 16.4. The highest BCUT2D eigenvalue weighted by Crippen LogP contribution is 2.19. The number of hydrogen-bond acceptors (Lipinski definition) is 8. The molecule has 1 fully saturated rings. The van der Waals surface area contributed by atoms with Gasteiger partial charge in [0.15, 0.2) is 0 Å². The first-order valence-electron chi connectivity index (χ1n) is 22.4. The van der Waals surface area contributed by atoms with Gasteiger partial charge in [0.05, 0.1) is 25.3 Å². The van der Waals surface area contributed by atoms with Gasteiger partial charge in [-0.1, -0.05) is 182 Å². The molecule has 7 N–H and O–H groups in total. The fraction of sp³-hybridized carbons (Fsp3) is 0.932. The quantitative estimate of drug-likeness (QED) is 0.0276. The molecule has 1 heterocycles. The van der Waals surface area contributed by atoms with Gasteiger partial charge in [-0.25, -0.2) is 0 Å². The Morgan fingerprint density at radius 1 is 0.667 bits per heavy atom. The topological polar surface area (TPSA) is 179 Å². The summed E-state index contributed by atoms with van der Waals surface area (Å²) in [6.45, 7) is 8.08. The molecule has 0 saturated carbocycles. The van der Waals surface area contributed by atoms with Crippen molar-refractivity contribution in [1.82, 2.24) is 5.32 Å². The number of amides is 1. The average molecular weight is 771 g/mol. The van der Waals surface area contributed by atoms with Gasteiger partial charge in [-0.15, -0.1) is 0 Å². The molecule has 0 radical (unpaired) electrons. The van der Waals surface area contributed by atoms with Crippen LogP contribution in [0.5, 0.6) is 0 Å². The molecule has 1 unspecified atom stereocenters. The van der Waals surface area contributed by atoms with E-state index < -0.39 is 42.3 Å². The normalized spacial score (nSPS) is 19.6. The lowest BCUT2D eigenvalue weighted by atomic mass is 9.93. The van der Waals surface area contributed by atoms with E-state index in [2.05, 4.69) is 19.2 Å². The Balaban J connectivity index is 0.00000124. The summed E-state index contributed by atoms with van der Waals surface area (Å²) in [7, 11) is 0. The molecule has 1 rings (SSSR count). The summed E-state index contributed by atoms with van der Waals surface area (Å²) < 4.78 is 5.17. The van der Waals surface area contributed by atoms with Crippen LogP contribution in [0.1, 0.15) is 207 Å². The second kappa shape index (κ2) is 35.8. The van der Waals surface area contributed by atoms with Gasteiger partial charge >= 0.3 is 5.97 Å². The van der Waals surface area contributed by atoms with Gasteiger partial charge in [0.1, 0.15) is 30.0 Å². The Labute approximate surface area is 330 Å². The van der Waals surface area contributed by atoms with Crippen LogP contribution in [0.4, 0.5) is 0 Å². The number of unbranched alkanes of at least 4 members (excludes halogenated alkanes) is 23. The summed E-state index contributed by atoms with van der Waals surface area (Å²) in [4.78, 5) is 35.8. The van der Waals surface area contributed by atoms with E-state index in [-0.39, 0.29) is 30.8 Å². The number of rotatable bonds is 34. The van der Waals surface area contributed by atoms with Crippen LogP contribution in [0.25, 0.3) is 0 Å². The van der Waals surface area contributed by atoms with Crippen molar-refractivity contribution in [3.8, 4) is 0 Å². The van der Waals surface area contributed by atoms with Gasteiger partial charge in [0, 0.05) is 6.42 Å². The van der Waals surface area contributed by atoms with Crippen molar-refractivity contribution in [1.29, 1.82) is 0 Å². The van der Waals surface area contributed by atoms with Crippen LogP contribution >= 0.6 is 0 Å². The van der Waals surface area contributed by atoms with E-state index in [0.717, 1.165) is 25.7 Å². The molecular formula is C44H86N2O8. The SMILES string of the molecule is CC(C)C[C@H](N)C(=O)N[C@H]1CO[C@H](CO)[C@@H](O)[C@@H]1O.CCCCCCCCCCCCCCCCCCC(C(=O)O)C(=O)CCCCCCCCCCC. The molecule has 0 bridgehead atoms. The maximum absolute atomic E-state index is 12.4. The highest BCUT2D eigenvalue weighted by Gasteiger charge is 2.39. The summed E-state index contributed by atoms with van der Waals surface area (Å²) in [6, 6.07) is -1.37. The van der Waals surface area contributed by atoms with E-state index in [0.29, 0.717) is 19.3 Å². The number of carboxylic acid groups (broad SMARTS) is 1. The minimum atomic E-state index is -1.23. The number of aliphatic hydroxyl groups is 3. The third-order valence-electron chi connectivity index (χ3n) is 10.8. The van der Waals surface area contributed by atoms with Crippen LogP contribution < -0.4 is 11.1 Å². The average Bonchev–Trinajstić information content (AvgIpc) is 3.14. The van der Waals surface area contributed by atoms with Crippen LogP contribution in [-0.4, -0.2) is 81.7 Å². The molecule has 10 nitrogen and oxygen atoms in total. The molecule has 1 saturated heterocycles. The number of carboxylic acids is 1. The number of nitrogens with two attached hydrogens (primary N) is 1. The number of Topliss-reactive ketones (excluding diaryl/α,β-unsaturated/α-hetero) is 1. The lowest BCUT2D eigenvalue weighted by Gasteiger charge is -2.37. The van der Waals surface area contributed by atoms with E-state index >= 15 is 0 Å². The number of ether oxygens (including phenoxy) is 1. The second-order valence-electron chi connectivity index (χ2n) is 16.4. The predicted molar refractivity (Wildman–Crippen MR) is 220 cm³/mol. The molecular weight excluding hydrogens is 684 g/mol. The van der Waals surface area contributed by atoms with Gasteiger partial charge in [0.2, 0.25) is 5.91 Å². The molecule has 6 atom stereocenters. The van der Waals surface area contributed by atoms with Crippen molar-refractivity contribution in [2.24, 2.45) is 17.6 Å². The summed E-state index contributed by atoms with van der Waals surface area (Å²) >= 11 is 0. The Bertz CT molecular complexity index is 904. The third-order valence-corrected chi connectivity index (χ3v) is 10.8. The first kappa shape index (κ1) is 52.4. The van der Waals surface area contributed by atoms with Crippen LogP contribution in [0, 0.1) is 11.8 Å². The van der Waals surface area contributed by atoms with Crippen molar-refractivity contribution >= 4 is 17.7 Å². The summed E-state index contributed by atoms with van der Waals surface area (Å²) in [5, 5.41) is 40.5. The molecule has 0 spiro atoms. The van der Waals surface area contributed by atoms with Crippen LogP contribution in [0.2, 0.25) is 0 Å². The molecule has 1 aliphatic heterocycles. The van der Waals surface area contributed by atoms with Crippen LogP contribution in [0.3, 0.4) is 0 Å². The van der Waals surface area contributed by atoms with E-state index in [1.54, 1.807) is 0 Å².